The molecule has 7 fully saturated rings. The van der Waals surface area contributed by atoms with Gasteiger partial charge in [-0.05, 0) is 272 Å². The number of fused-ring (bicyclic) bond motifs is 2. The van der Waals surface area contributed by atoms with Crippen LogP contribution in [0.25, 0.3) is 44.9 Å². The Morgan fingerprint density at radius 3 is 1.29 bits per heavy atom. The Balaban J connectivity index is 0.000000132. The van der Waals surface area contributed by atoms with Crippen molar-refractivity contribution in [2.45, 2.75) is 205 Å². The first-order valence-electron chi connectivity index (χ1n) is 40.1. The first-order valence-corrected chi connectivity index (χ1v) is 42.5. The predicted molar refractivity (Wildman–Crippen MR) is 472 cm³/mol. The lowest BCUT2D eigenvalue weighted by molar-refractivity contribution is 0.00578. The van der Waals surface area contributed by atoms with Gasteiger partial charge in [-0.2, -0.15) is 9.03 Å². The van der Waals surface area contributed by atoms with Gasteiger partial charge in [0.05, 0.1) is 79.3 Å². The van der Waals surface area contributed by atoms with Gasteiger partial charge in [-0.1, -0.05) is 18.9 Å². The molecule has 2 aromatic carbocycles. The van der Waals surface area contributed by atoms with Crippen molar-refractivity contribution in [3.8, 4) is 33.6 Å². The van der Waals surface area contributed by atoms with E-state index in [9.17, 15) is 36.7 Å². The zero-order valence-electron chi connectivity index (χ0n) is 69.8. The fourth-order valence-corrected chi connectivity index (χ4v) is 14.0. The number of benzene rings is 2. The number of pyridine rings is 6. The van der Waals surface area contributed by atoms with Gasteiger partial charge in [-0.3, -0.25) is 29.1 Å². The van der Waals surface area contributed by atoms with Crippen LogP contribution in [0.1, 0.15) is 176 Å². The molecule has 39 heteroatoms. The minimum Gasteiger partial charge on any atom is -0.427 e. The lowest BCUT2D eigenvalue weighted by atomic mass is 9.49. The van der Waals surface area contributed by atoms with Crippen LogP contribution in [0.15, 0.2) is 191 Å². The van der Waals surface area contributed by atoms with Crippen molar-refractivity contribution in [1.82, 2.24) is 67.8 Å². The second-order valence-corrected chi connectivity index (χ2v) is 36.3. The normalized spacial score (nSPS) is 17.8. The highest BCUT2D eigenvalue weighted by Gasteiger charge is 2.64. The molecule has 12 aromatic rings. The van der Waals surface area contributed by atoms with Gasteiger partial charge in [0.1, 0.15) is 23.3 Å². The maximum atomic E-state index is 14.2. The molecule has 19 rings (SSSR count). The van der Waals surface area contributed by atoms with E-state index in [1.165, 1.54) is 82.1 Å². The van der Waals surface area contributed by atoms with Crippen LogP contribution in [0.3, 0.4) is 0 Å². The van der Waals surface area contributed by atoms with Crippen molar-refractivity contribution in [2.24, 2.45) is 0 Å². The quantitative estimate of drug-likeness (QED) is 0.0529. The summed E-state index contributed by atoms with van der Waals surface area (Å²) in [6, 6.07) is 31.6. The molecule has 3 saturated heterocycles. The van der Waals surface area contributed by atoms with E-state index >= 15 is 0 Å². The molecule has 0 bridgehead atoms. The van der Waals surface area contributed by atoms with Crippen LogP contribution in [-0.4, -0.2) is 140 Å². The Bertz CT molecular complexity index is 5990. The van der Waals surface area contributed by atoms with Crippen LogP contribution in [0, 0.1) is 23.3 Å². The Morgan fingerprint density at radius 1 is 0.472 bits per heavy atom. The number of H-pyrrole nitrogens is 1. The number of rotatable bonds is 13. The summed E-state index contributed by atoms with van der Waals surface area (Å²) < 4.78 is 101. The zero-order chi connectivity index (χ0) is 88.6. The number of nitrogens with two attached hydrogens (primary N) is 2. The number of aromatic nitrogens is 14. The van der Waals surface area contributed by atoms with Crippen molar-refractivity contribution in [1.29, 1.82) is 0 Å². The van der Waals surface area contributed by atoms with Gasteiger partial charge < -0.3 is 68.1 Å². The molecule has 0 atom stereocenters. The van der Waals surface area contributed by atoms with Crippen LogP contribution in [0.4, 0.5) is 29.5 Å². The first-order chi connectivity index (χ1) is 58.0. The van der Waals surface area contributed by atoms with Gasteiger partial charge in [0.15, 0.2) is 22.9 Å². The molecule has 0 radical (unpaired) electrons. The number of nitrogens with zero attached hydrogens (tertiary/aromatic N) is 13. The lowest BCUT2D eigenvalue weighted by Crippen LogP contribution is -2.41. The number of aromatic amines is 1. The Labute approximate surface area is 732 Å². The summed E-state index contributed by atoms with van der Waals surface area (Å²) in [5.41, 5.74) is 15.9. The number of hydrogen-bond acceptors (Lipinski definition) is 22. The topological polar surface area (TPSA) is 359 Å². The number of anilines is 2. The second-order valence-electron chi connectivity index (χ2n) is 33.7. The summed E-state index contributed by atoms with van der Waals surface area (Å²) in [7, 11) is -2.38. The van der Waals surface area contributed by atoms with Crippen molar-refractivity contribution in [2.75, 3.05) is 11.5 Å². The minimum absolute atomic E-state index is 0.0562. The molecule has 4 aliphatic carbocycles. The molecule has 642 valence electrons. The molecule has 4 saturated carbocycles. The van der Waals surface area contributed by atoms with Crippen LogP contribution < -0.4 is 39.2 Å². The number of nitrogen functional groups attached to an aromatic ring is 2. The average Bonchev–Trinajstić information content (AvgIpc) is 1.63. The number of halogens is 7. The highest BCUT2D eigenvalue weighted by atomic mass is 79.9. The largest absolute Gasteiger partial charge is 0.496 e. The summed E-state index contributed by atoms with van der Waals surface area (Å²) in [6.07, 6.45) is 18.7. The van der Waals surface area contributed by atoms with E-state index in [0.29, 0.717) is 73.1 Å². The van der Waals surface area contributed by atoms with Crippen LogP contribution >= 0.6 is 47.8 Å². The predicted octanol–water partition coefficient (Wildman–Crippen LogP) is 13.6. The van der Waals surface area contributed by atoms with Crippen LogP contribution in [-0.2, 0) is 40.8 Å². The monoisotopic (exact) mass is 1870 g/mol. The molecule has 0 spiro atoms. The summed E-state index contributed by atoms with van der Waals surface area (Å²) in [6.45, 7) is 24.3. The highest BCUT2D eigenvalue weighted by Crippen LogP contribution is 2.45. The van der Waals surface area contributed by atoms with Gasteiger partial charge in [-0.25, -0.2) is 37.5 Å². The molecule has 123 heavy (non-hydrogen) atoms. The molecule has 7 N–H and O–H groups in total. The fraction of sp³-hybridized carbons (Fsp3) is 0.381. The summed E-state index contributed by atoms with van der Waals surface area (Å²) in [5.74, 6) is -0.552. The molecular formula is C84H93B4Br3F4N16O12. The molecular weight excluding hydrogens is 1780 g/mol. The van der Waals surface area contributed by atoms with Gasteiger partial charge >= 0.3 is 28.3 Å². The highest BCUT2D eigenvalue weighted by molar-refractivity contribution is 9.11. The van der Waals surface area contributed by atoms with Gasteiger partial charge in [-0.15, -0.1) is 10.2 Å². The van der Waals surface area contributed by atoms with Gasteiger partial charge in [0.25, 0.3) is 16.7 Å². The third-order valence-corrected chi connectivity index (χ3v) is 24.3. The van der Waals surface area contributed by atoms with Crippen LogP contribution in [0.5, 0.6) is 0 Å². The summed E-state index contributed by atoms with van der Waals surface area (Å²) in [4.78, 5) is 74.3. The van der Waals surface area contributed by atoms with E-state index in [4.69, 9.17) is 49.4 Å². The fourth-order valence-electron chi connectivity index (χ4n) is 12.9. The van der Waals surface area contributed by atoms with E-state index in [1.54, 1.807) is 80.7 Å². The molecule has 28 nitrogen and oxygen atoms in total. The summed E-state index contributed by atoms with van der Waals surface area (Å²) in [5, 5.41) is 25.2. The number of hydrogen-bond donors (Lipinski definition) is 5. The molecule has 13 heterocycles. The standard InChI is InChI=1S/C25H19F2N7O.C17H11BrF2N6.C14H20BNO3.C12H24B2O4.C8H8BrNO.C5H4BrNO.C3H7BO2/c26-16-6-3-14(4-7-16)23-22(15-5-10-21(35)33(13-15)17-8-9-17)24-30-20(32-34(24)25(28)31-23)12-19-18(27)2-1-11-29-19;18-14-15(9-3-5-10(19)6-4-9)24-17(21)26-16(14)23-13(25-26)8-12-11(20)2-1-7-22-12;1-13(2)14(3,4)19-15(18-13)10-5-8-12(17)16(9-10)11-6-7-11;1-9(2)10(3,4)16-13(15-9)14-17-11(5,6)12(7,8)18-14;9-6-1-4-8(11)10(5-6)7-2-3-7;6-4-1-2-5(8)7-3-4;5-4(6)3-1-2-3/h1-7,10-11,13,17H,8-9,12H2,(H2,28,31);1-7H,8H2,(H2,21,24);5,8-9,11H,6-7H2,1-4H3;1-8H3;1,4-5,7H,2-3H2;1-3H,(H,7,8);3,5-6H,1-2H2. The van der Waals surface area contributed by atoms with Gasteiger partial charge in [0.2, 0.25) is 17.5 Å². The first kappa shape index (κ1) is 91.0. The Hall–Kier alpha value is -9.66. The maximum Gasteiger partial charge on any atom is 0.496 e. The van der Waals surface area contributed by atoms with Crippen molar-refractivity contribution in [3.63, 3.8) is 0 Å². The Morgan fingerprint density at radius 2 is 0.870 bits per heavy atom. The molecule has 0 unspecified atom stereocenters. The van der Waals surface area contributed by atoms with E-state index < -0.39 is 39.9 Å². The van der Waals surface area contributed by atoms with E-state index in [-0.39, 0.29) is 115 Å². The molecule has 0 amide bonds. The lowest BCUT2D eigenvalue weighted by Gasteiger charge is -2.32. The van der Waals surface area contributed by atoms with E-state index in [2.05, 4.69) is 92.9 Å². The van der Waals surface area contributed by atoms with Crippen molar-refractivity contribution < 1.29 is 55.5 Å². The third kappa shape index (κ3) is 21.8. The minimum atomic E-state index is -1.04. The zero-order valence-corrected chi connectivity index (χ0v) is 74.6. The van der Waals surface area contributed by atoms with E-state index in [1.807, 2.05) is 102 Å². The Kier molecular flexibility index (Phi) is 27.3. The summed E-state index contributed by atoms with van der Waals surface area (Å²) >= 11 is 9.97. The average molecular weight is 1880 g/mol. The van der Waals surface area contributed by atoms with Crippen molar-refractivity contribution >= 4 is 105 Å². The van der Waals surface area contributed by atoms with E-state index in [0.717, 1.165) is 65.8 Å². The molecule has 10 aromatic heterocycles. The third-order valence-electron chi connectivity index (χ3n) is 22.6. The SMILES string of the molecule is CC1(C)OB(B2OC(C)(C)C(C)(C)O2)OC1(C)C.CC1(C)OB(c2ccc(=O)n(C3CC3)c2)OC1(C)C.Nc1nc(-c2ccc(F)cc2)c(-c2ccc(=O)n(C3CC3)c2)c2nc(Cc3ncccc3F)nn12.Nc1nc(-c2ccc(F)cc2)c(Br)c2nc(Cc3ncccc3F)nn12.O=c1ccc(Br)c[nH]1.O=c1ccc(Br)cn1C1CC1.OB(O)C1CC1. The second kappa shape index (κ2) is 36.9. The van der Waals surface area contributed by atoms with Crippen molar-refractivity contribution in [3.05, 3.63) is 260 Å². The smallest absolute Gasteiger partial charge is 0.427 e. The van der Waals surface area contributed by atoms with Crippen LogP contribution in [0.2, 0.25) is 5.82 Å². The number of nitrogens with one attached hydrogen (secondary N) is 1. The molecule has 7 aliphatic rings. The molecule has 3 aliphatic heterocycles. The van der Waals surface area contributed by atoms with Gasteiger partial charge in [0, 0.05) is 105 Å². The maximum absolute atomic E-state index is 14.2.